The first-order chi connectivity index (χ1) is 23.7. The molecule has 1 rings (SSSR count). The minimum atomic E-state index is -4.15. The Morgan fingerprint density at radius 3 is 1.53 bits per heavy atom. The molecule has 0 aliphatic heterocycles. The molecule has 1 aromatic carbocycles. The monoisotopic (exact) mass is 713 g/mol. The van der Waals surface area contributed by atoms with Crippen LogP contribution in [0.4, 0.5) is 0 Å². The van der Waals surface area contributed by atoms with Gasteiger partial charge in [0.05, 0.1) is 54.1 Å². The van der Waals surface area contributed by atoms with E-state index in [0.29, 0.717) is 19.8 Å². The largest absolute Gasteiger partial charge is 0.472 e. The van der Waals surface area contributed by atoms with Crippen molar-refractivity contribution in [1.82, 2.24) is 0 Å². The third-order valence-electron chi connectivity index (χ3n) is 9.18. The average Bonchev–Trinajstić information content (AvgIpc) is 3.07. The third-order valence-corrected chi connectivity index (χ3v) is 10.2. The molecule has 49 heavy (non-hydrogen) atoms. The van der Waals surface area contributed by atoms with Crippen LogP contribution in [0.25, 0.3) is 0 Å². The highest BCUT2D eigenvalue weighted by molar-refractivity contribution is 7.47. The van der Waals surface area contributed by atoms with E-state index in [-0.39, 0.29) is 13.2 Å². The molecule has 1 aromatic rings. The van der Waals surface area contributed by atoms with E-state index in [9.17, 15) is 9.46 Å². The van der Waals surface area contributed by atoms with Crippen LogP contribution in [0.15, 0.2) is 30.3 Å². The van der Waals surface area contributed by atoms with E-state index in [2.05, 4.69) is 28.1 Å². The van der Waals surface area contributed by atoms with Crippen molar-refractivity contribution < 1.29 is 32.5 Å². The van der Waals surface area contributed by atoms with Crippen molar-refractivity contribution in [3.05, 3.63) is 35.9 Å². The maximum atomic E-state index is 12.6. The highest BCUT2D eigenvalue weighted by Gasteiger charge is 2.24. The van der Waals surface area contributed by atoms with Gasteiger partial charge < -0.3 is 18.9 Å². The van der Waals surface area contributed by atoms with Crippen molar-refractivity contribution in [2.45, 2.75) is 174 Å². The summed E-state index contributed by atoms with van der Waals surface area (Å²) in [5.74, 6) is 0. The van der Waals surface area contributed by atoms with Gasteiger partial charge >= 0.3 is 7.82 Å². The number of rotatable bonds is 37. The van der Waals surface area contributed by atoms with Crippen molar-refractivity contribution in [3.8, 4) is 0 Å². The molecule has 0 heterocycles. The summed E-state index contributed by atoms with van der Waals surface area (Å²) in [6.45, 7) is 5.06. The molecule has 0 fully saturated rings. The molecule has 288 valence electrons. The first kappa shape index (κ1) is 46.2. The lowest BCUT2D eigenvalue weighted by atomic mass is 10.0. The minimum Gasteiger partial charge on any atom is -0.379 e. The standard InChI is InChI=1S/C41H78NO6P/c1-5-6-7-8-9-10-11-12-13-14-15-16-18-21-24-30-35-45-38-41(46-37-40-32-27-26-28-33-40)39-48-49(43,44)47-36-31-25-22-19-17-20-23-29-34-42(2,3)4/h26-28,32-33,41H,5-25,29-31,34-39H2,1-4H3/p+1. The first-order valence-electron chi connectivity index (χ1n) is 20.4. The number of unbranched alkanes of at least 4 members (excludes halogenated alkanes) is 22. The zero-order valence-corrected chi connectivity index (χ0v) is 33.5. The number of hydrogen-bond acceptors (Lipinski definition) is 5. The summed E-state index contributed by atoms with van der Waals surface area (Å²) in [6, 6.07) is 9.92. The molecule has 0 bridgehead atoms. The van der Waals surface area contributed by atoms with E-state index in [1.807, 2.05) is 30.3 Å². The van der Waals surface area contributed by atoms with Crippen LogP contribution in [0.3, 0.4) is 0 Å². The number of phosphoric ester groups is 1. The van der Waals surface area contributed by atoms with Crippen LogP contribution in [-0.2, 0) is 29.7 Å². The molecule has 0 aliphatic rings. The van der Waals surface area contributed by atoms with Crippen molar-refractivity contribution in [3.63, 3.8) is 0 Å². The first-order valence-corrected chi connectivity index (χ1v) is 21.9. The van der Waals surface area contributed by atoms with Crippen LogP contribution in [-0.4, -0.2) is 69.6 Å². The quantitative estimate of drug-likeness (QED) is 0.0420. The topological polar surface area (TPSA) is 74.2 Å². The predicted octanol–water partition coefficient (Wildman–Crippen LogP) is 11.8. The maximum Gasteiger partial charge on any atom is 0.472 e. The number of nitrogens with zero attached hydrogens (tertiary/aromatic N) is 1. The molecule has 7 nitrogen and oxygen atoms in total. The number of phosphoric acid groups is 1. The number of quaternary nitrogens is 1. The molecule has 0 amide bonds. The lowest BCUT2D eigenvalue weighted by molar-refractivity contribution is -0.870. The van der Waals surface area contributed by atoms with Gasteiger partial charge in [0, 0.05) is 6.61 Å². The smallest absolute Gasteiger partial charge is 0.379 e. The van der Waals surface area contributed by atoms with Gasteiger partial charge in [-0.3, -0.25) is 9.05 Å². The minimum absolute atomic E-state index is 0.0480. The van der Waals surface area contributed by atoms with E-state index >= 15 is 0 Å². The summed E-state index contributed by atoms with van der Waals surface area (Å²) >= 11 is 0. The van der Waals surface area contributed by atoms with Gasteiger partial charge in [0.2, 0.25) is 0 Å². The Morgan fingerprint density at radius 2 is 1.04 bits per heavy atom. The van der Waals surface area contributed by atoms with E-state index < -0.39 is 13.9 Å². The van der Waals surface area contributed by atoms with Gasteiger partial charge in [0.15, 0.2) is 0 Å². The summed E-state index contributed by atoms with van der Waals surface area (Å²) in [5.41, 5.74) is 1.04. The fraction of sp³-hybridized carbons (Fsp3) is 0.854. The molecular formula is C41H79NO6P+. The van der Waals surface area contributed by atoms with Crippen molar-refractivity contribution in [2.75, 3.05) is 54.1 Å². The zero-order valence-electron chi connectivity index (χ0n) is 32.6. The molecule has 0 radical (unpaired) electrons. The zero-order chi connectivity index (χ0) is 35.7. The van der Waals surface area contributed by atoms with Crippen LogP contribution in [0.5, 0.6) is 0 Å². The molecule has 0 spiro atoms. The van der Waals surface area contributed by atoms with Crippen LogP contribution >= 0.6 is 7.82 Å². The predicted molar refractivity (Wildman–Crippen MR) is 207 cm³/mol. The second-order valence-corrected chi connectivity index (χ2v) is 16.7. The third kappa shape index (κ3) is 32.8. The van der Waals surface area contributed by atoms with Crippen LogP contribution in [0.1, 0.15) is 167 Å². The molecule has 0 saturated carbocycles. The molecule has 2 atom stereocenters. The highest BCUT2D eigenvalue weighted by atomic mass is 31.2. The Morgan fingerprint density at radius 1 is 0.592 bits per heavy atom. The van der Waals surface area contributed by atoms with E-state index in [4.69, 9.17) is 18.5 Å². The van der Waals surface area contributed by atoms with Crippen molar-refractivity contribution >= 4 is 7.82 Å². The van der Waals surface area contributed by atoms with E-state index in [1.165, 1.54) is 135 Å². The van der Waals surface area contributed by atoms with Gasteiger partial charge in [0.1, 0.15) is 6.10 Å². The summed E-state index contributed by atoms with van der Waals surface area (Å²) < 4.78 is 36.2. The summed E-state index contributed by atoms with van der Waals surface area (Å²) in [4.78, 5) is 10.3. The summed E-state index contributed by atoms with van der Waals surface area (Å²) in [6.07, 6.45) is 30.2. The lowest BCUT2D eigenvalue weighted by Gasteiger charge is -2.23. The molecule has 1 N–H and O–H groups in total. The van der Waals surface area contributed by atoms with E-state index in [0.717, 1.165) is 35.7 Å². The molecular weight excluding hydrogens is 633 g/mol. The molecule has 0 aliphatic carbocycles. The van der Waals surface area contributed by atoms with Gasteiger partial charge in [0.25, 0.3) is 0 Å². The fourth-order valence-electron chi connectivity index (χ4n) is 6.04. The normalized spacial score (nSPS) is 13.9. The fourth-order valence-corrected chi connectivity index (χ4v) is 6.83. The molecule has 8 heteroatoms. The Labute approximate surface area is 303 Å². The highest BCUT2D eigenvalue weighted by Crippen LogP contribution is 2.43. The van der Waals surface area contributed by atoms with Gasteiger partial charge in [-0.15, -0.1) is 0 Å². The van der Waals surface area contributed by atoms with Crippen molar-refractivity contribution in [2.24, 2.45) is 0 Å². The van der Waals surface area contributed by atoms with Gasteiger partial charge in [-0.1, -0.05) is 166 Å². The number of ether oxygens (including phenoxy) is 2. The van der Waals surface area contributed by atoms with Crippen LogP contribution in [0.2, 0.25) is 0 Å². The van der Waals surface area contributed by atoms with Gasteiger partial charge in [-0.2, -0.15) is 0 Å². The Kier molecular flexibility index (Phi) is 30.1. The maximum absolute atomic E-state index is 12.6. The van der Waals surface area contributed by atoms with Crippen LogP contribution < -0.4 is 0 Å². The summed E-state index contributed by atoms with van der Waals surface area (Å²) in [5, 5.41) is 0. The second kappa shape index (κ2) is 31.9. The van der Waals surface area contributed by atoms with Gasteiger partial charge in [-0.05, 0) is 31.2 Å². The van der Waals surface area contributed by atoms with Crippen LogP contribution in [0, 0.1) is 0 Å². The second-order valence-electron chi connectivity index (χ2n) is 15.2. The SMILES string of the molecule is CCCCCCCCCCCCCCCCCCOCC(COP(=O)(O)OCCCCCCCCCC[N+](C)(C)C)OCc1ccccc1. The number of benzene rings is 1. The Bertz CT molecular complexity index is 880. The summed E-state index contributed by atoms with van der Waals surface area (Å²) in [7, 11) is 2.59. The molecule has 0 aromatic heterocycles. The Balaban J connectivity index is 2.13. The Hall–Kier alpha value is -0.790. The molecule has 0 saturated heterocycles. The lowest BCUT2D eigenvalue weighted by Crippen LogP contribution is -2.35. The van der Waals surface area contributed by atoms with E-state index in [1.54, 1.807) is 0 Å². The van der Waals surface area contributed by atoms with Crippen molar-refractivity contribution in [1.29, 1.82) is 0 Å². The average molecular weight is 713 g/mol. The van der Waals surface area contributed by atoms with Gasteiger partial charge in [-0.25, -0.2) is 4.57 Å². The molecule has 2 unspecified atom stereocenters. The number of hydrogen-bond donors (Lipinski definition) is 1.